The molecule has 2 aliphatic heterocycles. The summed E-state index contributed by atoms with van der Waals surface area (Å²) >= 11 is 12.7. The van der Waals surface area contributed by atoms with Crippen molar-refractivity contribution < 1.29 is 23.1 Å². The van der Waals surface area contributed by atoms with Crippen LogP contribution in [0.4, 0.5) is 11.6 Å². The lowest BCUT2D eigenvalue weighted by Crippen LogP contribution is -2.50. The summed E-state index contributed by atoms with van der Waals surface area (Å²) in [5.74, 6) is -0.604. The van der Waals surface area contributed by atoms with Crippen LogP contribution in [-0.2, 0) is 31.6 Å². The van der Waals surface area contributed by atoms with E-state index >= 15 is 0 Å². The lowest BCUT2D eigenvalue weighted by atomic mass is 9.91. The van der Waals surface area contributed by atoms with Gasteiger partial charge in [-0.3, -0.25) is 14.2 Å². The average Bonchev–Trinajstić information content (AvgIpc) is 3.78. The van der Waals surface area contributed by atoms with Crippen molar-refractivity contribution in [3.05, 3.63) is 83.0 Å². The average molecular weight is 727 g/mol. The zero-order valence-corrected chi connectivity index (χ0v) is 29.6. The summed E-state index contributed by atoms with van der Waals surface area (Å²) in [5.41, 5.74) is 1.34. The molecule has 0 bridgehead atoms. The molecule has 2 aliphatic rings. The fourth-order valence-electron chi connectivity index (χ4n) is 6.73. The second-order valence-electron chi connectivity index (χ2n) is 13.1. The van der Waals surface area contributed by atoms with Gasteiger partial charge in [0.15, 0.2) is 5.03 Å². The van der Waals surface area contributed by atoms with Gasteiger partial charge >= 0.3 is 0 Å². The Labute approximate surface area is 295 Å². The van der Waals surface area contributed by atoms with Crippen LogP contribution in [0.15, 0.2) is 72.4 Å². The molecular formula is C34H37Cl2N7O5S. The molecule has 0 spiro atoms. The highest BCUT2D eigenvalue weighted by atomic mass is 35.5. The minimum Gasteiger partial charge on any atom is -0.394 e. The summed E-state index contributed by atoms with van der Waals surface area (Å²) in [4.78, 5) is 42.0. The maximum atomic E-state index is 14.6. The summed E-state index contributed by atoms with van der Waals surface area (Å²) in [6.45, 7) is 5.48. The highest BCUT2D eigenvalue weighted by Crippen LogP contribution is 2.45. The van der Waals surface area contributed by atoms with Crippen LogP contribution in [-0.4, -0.2) is 74.4 Å². The van der Waals surface area contributed by atoms with E-state index in [9.17, 15) is 23.1 Å². The third kappa shape index (κ3) is 6.70. The Kier molecular flexibility index (Phi) is 9.84. The van der Waals surface area contributed by atoms with Crippen molar-refractivity contribution in [3.63, 3.8) is 0 Å². The fourth-order valence-corrected chi connectivity index (χ4v) is 9.09. The lowest BCUT2D eigenvalue weighted by molar-refractivity contribution is -0.125. The molecule has 4 heterocycles. The molecule has 0 aliphatic carbocycles. The van der Waals surface area contributed by atoms with Crippen molar-refractivity contribution in [2.24, 2.45) is 5.92 Å². The molecule has 12 nitrogen and oxygen atoms in total. The molecule has 1 fully saturated rings. The van der Waals surface area contributed by atoms with E-state index in [1.165, 1.54) is 32.4 Å². The number of rotatable bonds is 11. The molecule has 2 aromatic carbocycles. The van der Waals surface area contributed by atoms with E-state index in [0.717, 1.165) is 16.7 Å². The standard InChI is InChI=1S/C34H37Cl2N7O5S/c1-21(2)11-27(19-44)40-31(45)29-5-4-10-41(29)49(47,48)30-18-39-33-42(28-13-25(35)12-26(36)14-28)32(46)34(3,43(30)33)15-22-6-8-23(9-7-22)24-16-37-20-38-17-24/h6-9,12-14,16-18,20-21,27,29,44H,4-5,10-11,15,19H2,1-3H3,(H,40,45)/t27-,29+,34-/m1/s1. The molecule has 15 heteroatoms. The Balaban J connectivity index is 1.40. The number of aliphatic hydroxyl groups is 1. The van der Waals surface area contributed by atoms with Crippen molar-refractivity contribution in [1.82, 2.24) is 29.1 Å². The number of aromatic nitrogens is 4. The van der Waals surface area contributed by atoms with Gasteiger partial charge in [0.1, 0.15) is 17.9 Å². The van der Waals surface area contributed by atoms with Gasteiger partial charge in [-0.25, -0.2) is 28.3 Å². The van der Waals surface area contributed by atoms with Crippen LogP contribution in [0.5, 0.6) is 0 Å². The smallest absolute Gasteiger partial charge is 0.261 e. The predicted molar refractivity (Wildman–Crippen MR) is 186 cm³/mol. The van der Waals surface area contributed by atoms with Crippen molar-refractivity contribution in [2.75, 3.05) is 18.1 Å². The largest absolute Gasteiger partial charge is 0.394 e. The first-order chi connectivity index (χ1) is 23.3. The maximum absolute atomic E-state index is 14.6. The van der Waals surface area contributed by atoms with Crippen molar-refractivity contribution in [3.8, 4) is 11.1 Å². The van der Waals surface area contributed by atoms with Crippen LogP contribution in [0, 0.1) is 5.92 Å². The summed E-state index contributed by atoms with van der Waals surface area (Å²) in [6, 6.07) is 10.7. The third-order valence-electron chi connectivity index (χ3n) is 8.97. The number of amides is 2. The molecule has 0 radical (unpaired) electrons. The number of imidazole rings is 1. The first-order valence-corrected chi connectivity index (χ1v) is 18.2. The van der Waals surface area contributed by atoms with Crippen molar-refractivity contribution in [2.45, 2.75) is 69.1 Å². The molecular weight excluding hydrogens is 689 g/mol. The van der Waals surface area contributed by atoms with E-state index in [0.29, 0.717) is 35.0 Å². The SMILES string of the molecule is CC(C)C[C@H](CO)NC(=O)[C@@H]1CCCN1S(=O)(=O)c1cnc2n1[C@](C)(Cc1ccc(-c3cncnc3)cc1)C(=O)N2c1cc(Cl)cc(Cl)c1. The number of halogens is 2. The van der Waals surface area contributed by atoms with E-state index in [2.05, 4.69) is 20.3 Å². The van der Waals surface area contributed by atoms with Gasteiger partial charge in [-0.1, -0.05) is 61.3 Å². The van der Waals surface area contributed by atoms with Gasteiger partial charge in [-0.15, -0.1) is 0 Å². The van der Waals surface area contributed by atoms with Gasteiger partial charge < -0.3 is 10.4 Å². The van der Waals surface area contributed by atoms with Crippen LogP contribution in [0.25, 0.3) is 11.1 Å². The van der Waals surface area contributed by atoms with E-state index in [1.807, 2.05) is 38.1 Å². The number of anilines is 2. The van der Waals surface area contributed by atoms with Gasteiger partial charge in [0.2, 0.25) is 11.9 Å². The highest BCUT2D eigenvalue weighted by molar-refractivity contribution is 7.89. The first-order valence-electron chi connectivity index (χ1n) is 16.0. The second-order valence-corrected chi connectivity index (χ2v) is 15.8. The second kappa shape index (κ2) is 13.8. The molecule has 258 valence electrons. The molecule has 3 atom stereocenters. The summed E-state index contributed by atoms with van der Waals surface area (Å²) in [5, 5.41) is 13.1. The third-order valence-corrected chi connectivity index (χ3v) is 11.3. The Bertz CT molecular complexity index is 1950. The number of hydrogen-bond acceptors (Lipinski definition) is 8. The van der Waals surface area contributed by atoms with Crippen LogP contribution < -0.4 is 10.2 Å². The number of hydrogen-bond donors (Lipinski definition) is 2. The number of aliphatic hydroxyl groups excluding tert-OH is 1. The molecule has 2 aromatic heterocycles. The van der Waals surface area contributed by atoms with E-state index < -0.39 is 39.5 Å². The molecule has 1 saturated heterocycles. The number of carbonyl (C=O) groups is 2. The number of fused-ring (bicyclic) bond motifs is 1. The molecule has 2 N–H and O–H groups in total. The lowest BCUT2D eigenvalue weighted by Gasteiger charge is -2.29. The summed E-state index contributed by atoms with van der Waals surface area (Å²) < 4.78 is 31.7. The normalized spacial score (nSPS) is 20.2. The van der Waals surface area contributed by atoms with Crippen molar-refractivity contribution >= 4 is 56.7 Å². The zero-order chi connectivity index (χ0) is 35.1. The number of carbonyl (C=O) groups excluding carboxylic acids is 2. The van der Waals surface area contributed by atoms with Gasteiger partial charge in [0.05, 0.1) is 24.5 Å². The maximum Gasteiger partial charge on any atom is 0.261 e. The van der Waals surface area contributed by atoms with Crippen LogP contribution in [0.2, 0.25) is 10.0 Å². The summed E-state index contributed by atoms with van der Waals surface area (Å²) in [7, 11) is -4.37. The van der Waals surface area contributed by atoms with Gasteiger partial charge in [-0.05, 0) is 61.4 Å². The number of nitrogens with zero attached hydrogens (tertiary/aromatic N) is 6. The zero-order valence-electron chi connectivity index (χ0n) is 27.3. The number of benzene rings is 2. The Hall–Kier alpha value is -3.88. The minimum atomic E-state index is -4.37. The molecule has 6 rings (SSSR count). The molecule has 2 amide bonds. The topological polar surface area (TPSA) is 151 Å². The summed E-state index contributed by atoms with van der Waals surface area (Å²) in [6.07, 6.45) is 7.53. The molecule has 0 saturated carbocycles. The van der Waals surface area contributed by atoms with Crippen LogP contribution in [0.1, 0.15) is 45.6 Å². The number of nitrogens with one attached hydrogen (secondary N) is 1. The van der Waals surface area contributed by atoms with Crippen LogP contribution >= 0.6 is 23.2 Å². The van der Waals surface area contributed by atoms with E-state index in [1.54, 1.807) is 31.5 Å². The van der Waals surface area contributed by atoms with Gasteiger partial charge in [-0.2, -0.15) is 4.31 Å². The Morgan fingerprint density at radius 2 is 1.73 bits per heavy atom. The quantitative estimate of drug-likeness (QED) is 0.220. The Morgan fingerprint density at radius 3 is 2.37 bits per heavy atom. The minimum absolute atomic E-state index is 0.0833. The Morgan fingerprint density at radius 1 is 1.06 bits per heavy atom. The van der Waals surface area contributed by atoms with E-state index in [4.69, 9.17) is 23.2 Å². The monoisotopic (exact) mass is 725 g/mol. The van der Waals surface area contributed by atoms with Crippen molar-refractivity contribution in [1.29, 1.82) is 0 Å². The molecule has 0 unspecified atom stereocenters. The highest BCUT2D eigenvalue weighted by Gasteiger charge is 2.53. The fraction of sp³-hybridized carbons (Fsp3) is 0.382. The van der Waals surface area contributed by atoms with Gasteiger partial charge in [0.25, 0.3) is 15.9 Å². The van der Waals surface area contributed by atoms with E-state index in [-0.39, 0.29) is 36.5 Å². The molecule has 4 aromatic rings. The first kappa shape index (κ1) is 35.0. The molecule has 49 heavy (non-hydrogen) atoms. The number of sulfonamides is 1. The predicted octanol–water partition coefficient (Wildman–Crippen LogP) is 4.96. The van der Waals surface area contributed by atoms with Gasteiger partial charge in [0, 0.05) is 41.0 Å². The van der Waals surface area contributed by atoms with Crippen LogP contribution in [0.3, 0.4) is 0 Å².